The number of carboxylic acids is 1. The molecule has 0 saturated carbocycles. The molecule has 2 rings (SSSR count). The zero-order valence-corrected chi connectivity index (χ0v) is 12.2. The molecule has 0 atom stereocenters. The fourth-order valence-corrected chi connectivity index (χ4v) is 2.87. The molecule has 0 aliphatic carbocycles. The molecule has 112 valence electrons. The van der Waals surface area contributed by atoms with E-state index in [0.717, 1.165) is 11.8 Å². The maximum Gasteiger partial charge on any atom is 0.335 e. The third-order valence-corrected chi connectivity index (χ3v) is 4.29. The van der Waals surface area contributed by atoms with Crippen molar-refractivity contribution < 1.29 is 18.3 Å². The molecule has 0 fully saturated rings. The van der Waals surface area contributed by atoms with Crippen LogP contribution in [0.5, 0.6) is 0 Å². The molecule has 21 heavy (non-hydrogen) atoms. The molecular formula is C13H15N3O4S. The van der Waals surface area contributed by atoms with E-state index < -0.39 is 16.0 Å². The van der Waals surface area contributed by atoms with Gasteiger partial charge in [-0.3, -0.25) is 4.68 Å². The van der Waals surface area contributed by atoms with Crippen molar-refractivity contribution in [2.45, 2.75) is 11.3 Å². The van der Waals surface area contributed by atoms with Crippen molar-refractivity contribution in [2.75, 3.05) is 6.54 Å². The first kappa shape index (κ1) is 15.2. The molecule has 0 radical (unpaired) electrons. The van der Waals surface area contributed by atoms with Crippen LogP contribution in [0.1, 0.15) is 16.1 Å². The number of sulfonamides is 1. The van der Waals surface area contributed by atoms with Crippen LogP contribution in [0, 0.1) is 0 Å². The Morgan fingerprint density at radius 2 is 2.14 bits per heavy atom. The van der Waals surface area contributed by atoms with Crippen molar-refractivity contribution in [2.24, 2.45) is 7.05 Å². The lowest BCUT2D eigenvalue weighted by Crippen LogP contribution is -2.26. The van der Waals surface area contributed by atoms with Crippen molar-refractivity contribution in [3.8, 4) is 0 Å². The van der Waals surface area contributed by atoms with E-state index in [1.807, 2.05) is 0 Å². The number of rotatable bonds is 6. The number of benzene rings is 1. The number of aryl methyl sites for hydroxylation is 1. The fourth-order valence-electron chi connectivity index (χ4n) is 1.79. The number of aromatic carboxylic acids is 1. The highest BCUT2D eigenvalue weighted by molar-refractivity contribution is 7.89. The third-order valence-electron chi connectivity index (χ3n) is 2.83. The lowest BCUT2D eigenvalue weighted by molar-refractivity contribution is 0.0696. The van der Waals surface area contributed by atoms with Crippen LogP contribution in [-0.2, 0) is 23.5 Å². The number of hydrogen-bond donors (Lipinski definition) is 2. The molecule has 1 aromatic carbocycles. The first-order chi connectivity index (χ1) is 9.88. The van der Waals surface area contributed by atoms with Crippen molar-refractivity contribution >= 4 is 16.0 Å². The van der Waals surface area contributed by atoms with Crippen molar-refractivity contribution in [3.63, 3.8) is 0 Å². The number of nitrogens with zero attached hydrogens (tertiary/aromatic N) is 2. The van der Waals surface area contributed by atoms with Gasteiger partial charge in [0.25, 0.3) is 0 Å². The van der Waals surface area contributed by atoms with Gasteiger partial charge in [-0.25, -0.2) is 17.9 Å². The van der Waals surface area contributed by atoms with Gasteiger partial charge < -0.3 is 5.11 Å². The summed E-state index contributed by atoms with van der Waals surface area (Å²) in [4.78, 5) is 10.8. The van der Waals surface area contributed by atoms with E-state index in [2.05, 4.69) is 9.82 Å². The van der Waals surface area contributed by atoms with Crippen LogP contribution >= 0.6 is 0 Å². The molecule has 0 aliphatic heterocycles. The van der Waals surface area contributed by atoms with Crippen LogP contribution in [0.25, 0.3) is 0 Å². The minimum atomic E-state index is -3.73. The number of carboxylic acid groups (broad SMARTS) is 1. The molecule has 0 bridgehead atoms. The topological polar surface area (TPSA) is 101 Å². The minimum absolute atomic E-state index is 0.0663. The summed E-state index contributed by atoms with van der Waals surface area (Å²) in [6.07, 6.45) is 2.23. The van der Waals surface area contributed by atoms with Crippen LogP contribution in [-0.4, -0.2) is 35.8 Å². The summed E-state index contributed by atoms with van der Waals surface area (Å²) in [5.41, 5.74) is 0.710. The Labute approximate surface area is 122 Å². The Kier molecular flexibility index (Phi) is 4.39. The Balaban J connectivity index is 2.04. The molecule has 8 heteroatoms. The molecule has 1 heterocycles. The van der Waals surface area contributed by atoms with Gasteiger partial charge in [-0.05, 0) is 24.3 Å². The zero-order valence-electron chi connectivity index (χ0n) is 11.4. The van der Waals surface area contributed by atoms with Crippen molar-refractivity contribution in [3.05, 3.63) is 47.8 Å². The van der Waals surface area contributed by atoms with E-state index in [1.165, 1.54) is 18.2 Å². The van der Waals surface area contributed by atoms with Crippen LogP contribution in [0.15, 0.2) is 41.4 Å². The smallest absolute Gasteiger partial charge is 0.335 e. The maximum atomic E-state index is 12.1. The molecule has 1 aromatic heterocycles. The highest BCUT2D eigenvalue weighted by Gasteiger charge is 2.15. The quantitative estimate of drug-likeness (QED) is 0.815. The van der Waals surface area contributed by atoms with Gasteiger partial charge >= 0.3 is 5.97 Å². The summed E-state index contributed by atoms with van der Waals surface area (Å²) in [6, 6.07) is 7.03. The molecule has 0 spiro atoms. The molecule has 2 aromatic rings. The summed E-state index contributed by atoms with van der Waals surface area (Å²) < 4.78 is 28.2. The van der Waals surface area contributed by atoms with Crippen molar-refractivity contribution in [1.82, 2.24) is 14.5 Å². The summed E-state index contributed by atoms with van der Waals surface area (Å²) in [7, 11) is -1.94. The van der Waals surface area contributed by atoms with E-state index in [4.69, 9.17) is 5.11 Å². The van der Waals surface area contributed by atoms with E-state index in [-0.39, 0.29) is 17.0 Å². The first-order valence-corrected chi connectivity index (χ1v) is 7.68. The molecule has 0 saturated heterocycles. The lowest BCUT2D eigenvalue weighted by Gasteiger charge is -2.06. The molecule has 7 nitrogen and oxygen atoms in total. The number of nitrogens with one attached hydrogen (secondary N) is 1. The Morgan fingerprint density at radius 1 is 1.38 bits per heavy atom. The molecule has 0 aliphatic rings. The standard InChI is InChI=1S/C13H15N3O4S/c1-16-8-6-11(15-16)5-7-14-21(19,20)12-4-2-3-10(9-12)13(17)18/h2-4,6,8-9,14H,5,7H2,1H3,(H,17,18). The van der Waals surface area contributed by atoms with Gasteiger partial charge in [0, 0.05) is 26.2 Å². The largest absolute Gasteiger partial charge is 0.478 e. The van der Waals surface area contributed by atoms with Gasteiger partial charge in [0.1, 0.15) is 0 Å². The monoisotopic (exact) mass is 309 g/mol. The predicted molar refractivity (Wildman–Crippen MR) is 75.5 cm³/mol. The Hall–Kier alpha value is -2.19. The highest BCUT2D eigenvalue weighted by Crippen LogP contribution is 2.11. The molecule has 0 amide bonds. The second-order valence-electron chi connectivity index (χ2n) is 4.46. The summed E-state index contributed by atoms with van der Waals surface area (Å²) in [5.74, 6) is -1.17. The van der Waals surface area contributed by atoms with E-state index >= 15 is 0 Å². The summed E-state index contributed by atoms with van der Waals surface area (Å²) in [6.45, 7) is 0.191. The zero-order chi connectivity index (χ0) is 15.5. The van der Waals surface area contributed by atoms with Gasteiger partial charge in [0.05, 0.1) is 16.2 Å². The minimum Gasteiger partial charge on any atom is -0.478 e. The van der Waals surface area contributed by atoms with Gasteiger partial charge in [-0.1, -0.05) is 6.07 Å². The summed E-state index contributed by atoms with van der Waals surface area (Å²) in [5, 5.41) is 13.0. The Bertz CT molecular complexity index is 752. The highest BCUT2D eigenvalue weighted by atomic mass is 32.2. The first-order valence-electron chi connectivity index (χ1n) is 6.20. The van der Waals surface area contributed by atoms with E-state index in [9.17, 15) is 13.2 Å². The van der Waals surface area contributed by atoms with Crippen LogP contribution < -0.4 is 4.72 Å². The average molecular weight is 309 g/mol. The van der Waals surface area contributed by atoms with Gasteiger partial charge in [-0.15, -0.1) is 0 Å². The number of hydrogen-bond acceptors (Lipinski definition) is 4. The number of aromatic nitrogens is 2. The van der Waals surface area contributed by atoms with Gasteiger partial charge in [-0.2, -0.15) is 5.10 Å². The third kappa shape index (κ3) is 3.89. The SMILES string of the molecule is Cn1ccc(CCNS(=O)(=O)c2cccc(C(=O)O)c2)n1. The van der Waals surface area contributed by atoms with E-state index in [1.54, 1.807) is 24.0 Å². The lowest BCUT2D eigenvalue weighted by atomic mass is 10.2. The normalized spacial score (nSPS) is 11.5. The van der Waals surface area contributed by atoms with Crippen LogP contribution in [0.2, 0.25) is 0 Å². The average Bonchev–Trinajstić information content (AvgIpc) is 2.84. The van der Waals surface area contributed by atoms with Crippen LogP contribution in [0.3, 0.4) is 0 Å². The molecular weight excluding hydrogens is 294 g/mol. The molecule has 2 N–H and O–H groups in total. The second-order valence-corrected chi connectivity index (χ2v) is 6.23. The van der Waals surface area contributed by atoms with Gasteiger partial charge in [0.2, 0.25) is 10.0 Å². The maximum absolute atomic E-state index is 12.1. The van der Waals surface area contributed by atoms with Gasteiger partial charge in [0.15, 0.2) is 0 Å². The van der Waals surface area contributed by atoms with Crippen molar-refractivity contribution in [1.29, 1.82) is 0 Å². The predicted octanol–water partition coefficient (Wildman–Crippen LogP) is 0.639. The summed E-state index contributed by atoms with van der Waals surface area (Å²) >= 11 is 0. The second kappa shape index (κ2) is 6.06. The number of carbonyl (C=O) groups is 1. The van der Waals surface area contributed by atoms with E-state index in [0.29, 0.717) is 6.42 Å². The van der Waals surface area contributed by atoms with Crippen LogP contribution in [0.4, 0.5) is 0 Å². The fraction of sp³-hybridized carbons (Fsp3) is 0.231. The Morgan fingerprint density at radius 3 is 2.76 bits per heavy atom. The molecule has 0 unspecified atom stereocenters.